The number of carbonyl (C=O) groups is 1. The summed E-state index contributed by atoms with van der Waals surface area (Å²) in [7, 11) is 0. The molecule has 0 saturated carbocycles. The summed E-state index contributed by atoms with van der Waals surface area (Å²) in [5, 5.41) is 6.99. The number of alkyl halides is 2. The van der Waals surface area contributed by atoms with Gasteiger partial charge < -0.3 is 5.32 Å². The molecule has 0 aromatic carbocycles. The number of carbonyl (C=O) groups excluding carboxylic acids is 1. The smallest absolute Gasteiger partial charge is 0.320 e. The van der Waals surface area contributed by atoms with E-state index in [-0.39, 0.29) is 6.42 Å². The van der Waals surface area contributed by atoms with Crippen LogP contribution in [0.2, 0.25) is 0 Å². The summed E-state index contributed by atoms with van der Waals surface area (Å²) in [5.41, 5.74) is 0. The number of anilines is 1. The molecule has 0 fully saturated rings. The van der Waals surface area contributed by atoms with Crippen molar-refractivity contribution in [1.29, 1.82) is 0 Å². The number of hydrogen-bond donors (Lipinski definition) is 2. The summed E-state index contributed by atoms with van der Waals surface area (Å²) in [6.45, 7) is 0.736. The van der Waals surface area contributed by atoms with Crippen molar-refractivity contribution >= 4 is 22.4 Å². The fourth-order valence-corrected chi connectivity index (χ4v) is 1.45. The van der Waals surface area contributed by atoms with Crippen LogP contribution in [0.3, 0.4) is 0 Å². The third-order valence-corrected chi connectivity index (χ3v) is 2.57. The summed E-state index contributed by atoms with van der Waals surface area (Å²) in [5.74, 6) is -2.84. The standard InChI is InChI=1S/C9H12F2N2OS/c1-2-9(10,11)6-12-8(14)13-7-4-3-5-15-7/h3-5H,2,6H2,1H3,(H2,12,13,14). The third kappa shape index (κ3) is 4.24. The van der Waals surface area contributed by atoms with E-state index in [9.17, 15) is 13.6 Å². The highest BCUT2D eigenvalue weighted by Gasteiger charge is 2.26. The average Bonchev–Trinajstić information content (AvgIpc) is 2.68. The van der Waals surface area contributed by atoms with Gasteiger partial charge in [-0.2, -0.15) is 0 Å². The SMILES string of the molecule is CCC(F)(F)CNC(=O)Nc1cccs1. The number of hydrogen-bond acceptors (Lipinski definition) is 2. The largest absolute Gasteiger partial charge is 0.332 e. The van der Waals surface area contributed by atoms with Gasteiger partial charge in [-0.05, 0) is 17.5 Å². The van der Waals surface area contributed by atoms with Crippen LogP contribution in [0.15, 0.2) is 17.5 Å². The zero-order valence-corrected chi connectivity index (χ0v) is 9.04. The van der Waals surface area contributed by atoms with Gasteiger partial charge in [0.15, 0.2) is 0 Å². The predicted octanol–water partition coefficient (Wildman–Crippen LogP) is 2.91. The zero-order chi connectivity index (χ0) is 11.3. The first-order valence-electron chi connectivity index (χ1n) is 4.50. The molecular weight excluding hydrogens is 222 g/mol. The van der Waals surface area contributed by atoms with Crippen LogP contribution < -0.4 is 10.6 Å². The van der Waals surface area contributed by atoms with Crippen LogP contribution in [0.1, 0.15) is 13.3 Å². The quantitative estimate of drug-likeness (QED) is 0.826. The van der Waals surface area contributed by atoms with Crippen molar-refractivity contribution in [2.45, 2.75) is 19.3 Å². The molecule has 0 spiro atoms. The minimum absolute atomic E-state index is 0.285. The Kier molecular flexibility index (Phi) is 4.02. The van der Waals surface area contributed by atoms with Crippen molar-refractivity contribution in [3.05, 3.63) is 17.5 Å². The van der Waals surface area contributed by atoms with Crippen LogP contribution in [-0.4, -0.2) is 18.5 Å². The summed E-state index contributed by atoms with van der Waals surface area (Å²) in [6, 6.07) is 2.86. The molecule has 0 aliphatic carbocycles. The van der Waals surface area contributed by atoms with Gasteiger partial charge in [-0.15, -0.1) is 11.3 Å². The van der Waals surface area contributed by atoms with Gasteiger partial charge in [0.1, 0.15) is 0 Å². The first kappa shape index (κ1) is 11.9. The second-order valence-electron chi connectivity index (χ2n) is 2.99. The lowest BCUT2D eigenvalue weighted by molar-refractivity contribution is 0.00134. The van der Waals surface area contributed by atoms with Crippen LogP contribution in [0.5, 0.6) is 0 Å². The van der Waals surface area contributed by atoms with Gasteiger partial charge in [-0.25, -0.2) is 13.6 Å². The maximum absolute atomic E-state index is 12.8. The van der Waals surface area contributed by atoms with E-state index in [0.717, 1.165) is 0 Å². The van der Waals surface area contributed by atoms with Crippen LogP contribution in [0.4, 0.5) is 18.6 Å². The molecule has 6 heteroatoms. The normalized spacial score (nSPS) is 11.1. The van der Waals surface area contributed by atoms with Gasteiger partial charge in [-0.1, -0.05) is 6.92 Å². The zero-order valence-electron chi connectivity index (χ0n) is 8.22. The van der Waals surface area contributed by atoms with E-state index in [0.29, 0.717) is 5.00 Å². The monoisotopic (exact) mass is 234 g/mol. The van der Waals surface area contributed by atoms with Gasteiger partial charge in [0.2, 0.25) is 0 Å². The molecule has 0 unspecified atom stereocenters. The maximum Gasteiger partial charge on any atom is 0.320 e. The molecule has 1 heterocycles. The van der Waals surface area contributed by atoms with E-state index in [1.165, 1.54) is 18.3 Å². The van der Waals surface area contributed by atoms with Crippen LogP contribution in [0.25, 0.3) is 0 Å². The van der Waals surface area contributed by atoms with Crippen LogP contribution >= 0.6 is 11.3 Å². The predicted molar refractivity (Wildman–Crippen MR) is 56.6 cm³/mol. The molecule has 0 radical (unpaired) electrons. The Morgan fingerprint density at radius 3 is 2.87 bits per heavy atom. The number of urea groups is 1. The Balaban J connectivity index is 2.31. The number of thiophene rings is 1. The van der Waals surface area contributed by atoms with Crippen molar-refractivity contribution in [3.63, 3.8) is 0 Å². The Bertz CT molecular complexity index is 314. The minimum atomic E-state index is -2.84. The molecule has 15 heavy (non-hydrogen) atoms. The minimum Gasteiger partial charge on any atom is -0.332 e. The van der Waals surface area contributed by atoms with E-state index in [1.54, 1.807) is 17.5 Å². The Labute approximate surface area is 90.5 Å². The second-order valence-corrected chi connectivity index (χ2v) is 3.94. The van der Waals surface area contributed by atoms with Crippen LogP contribution in [-0.2, 0) is 0 Å². The van der Waals surface area contributed by atoms with Crippen molar-refractivity contribution in [3.8, 4) is 0 Å². The molecule has 1 rings (SSSR count). The number of amides is 2. The lowest BCUT2D eigenvalue weighted by atomic mass is 10.2. The molecule has 0 aliphatic heterocycles. The highest BCUT2D eigenvalue weighted by Crippen LogP contribution is 2.17. The Morgan fingerprint density at radius 2 is 2.33 bits per heavy atom. The lowest BCUT2D eigenvalue weighted by Gasteiger charge is -2.14. The third-order valence-electron chi connectivity index (χ3n) is 1.78. The average molecular weight is 234 g/mol. The molecule has 2 N–H and O–H groups in total. The van der Waals surface area contributed by atoms with E-state index in [2.05, 4.69) is 10.6 Å². The van der Waals surface area contributed by atoms with Gasteiger partial charge in [-0.3, -0.25) is 5.32 Å². The van der Waals surface area contributed by atoms with Crippen molar-refractivity contribution in [1.82, 2.24) is 5.32 Å². The summed E-state index contributed by atoms with van der Waals surface area (Å²) < 4.78 is 25.5. The van der Waals surface area contributed by atoms with Crippen molar-refractivity contribution in [2.75, 3.05) is 11.9 Å². The van der Waals surface area contributed by atoms with Crippen molar-refractivity contribution in [2.24, 2.45) is 0 Å². The van der Waals surface area contributed by atoms with E-state index in [1.807, 2.05) is 0 Å². The van der Waals surface area contributed by atoms with Gasteiger partial charge in [0, 0.05) is 6.42 Å². The molecule has 0 aliphatic rings. The van der Waals surface area contributed by atoms with Crippen LogP contribution in [0, 0.1) is 0 Å². The Morgan fingerprint density at radius 1 is 1.60 bits per heavy atom. The fraction of sp³-hybridized carbons (Fsp3) is 0.444. The van der Waals surface area contributed by atoms with E-state index in [4.69, 9.17) is 0 Å². The molecule has 0 bridgehead atoms. The fourth-order valence-electron chi connectivity index (χ4n) is 0.840. The van der Waals surface area contributed by atoms with E-state index >= 15 is 0 Å². The highest BCUT2D eigenvalue weighted by atomic mass is 32.1. The molecule has 1 aromatic heterocycles. The molecule has 2 amide bonds. The number of nitrogens with one attached hydrogen (secondary N) is 2. The van der Waals surface area contributed by atoms with Gasteiger partial charge in [0.05, 0.1) is 11.5 Å². The lowest BCUT2D eigenvalue weighted by Crippen LogP contribution is -2.38. The summed E-state index contributed by atoms with van der Waals surface area (Å²) in [4.78, 5) is 11.1. The Hall–Kier alpha value is -1.17. The first-order chi connectivity index (χ1) is 7.03. The molecule has 84 valence electrons. The highest BCUT2D eigenvalue weighted by molar-refractivity contribution is 7.14. The number of rotatable bonds is 4. The topological polar surface area (TPSA) is 41.1 Å². The van der Waals surface area contributed by atoms with E-state index < -0.39 is 18.5 Å². The van der Waals surface area contributed by atoms with Gasteiger partial charge in [0.25, 0.3) is 5.92 Å². The maximum atomic E-state index is 12.8. The molecule has 0 saturated heterocycles. The first-order valence-corrected chi connectivity index (χ1v) is 5.37. The summed E-state index contributed by atoms with van der Waals surface area (Å²) in [6.07, 6.45) is -0.285. The second kappa shape index (κ2) is 5.06. The van der Waals surface area contributed by atoms with Crippen molar-refractivity contribution < 1.29 is 13.6 Å². The molecule has 3 nitrogen and oxygen atoms in total. The molecular formula is C9H12F2N2OS. The molecule has 1 aromatic rings. The summed E-state index contributed by atoms with van der Waals surface area (Å²) >= 11 is 1.33. The molecule has 0 atom stereocenters. The van der Waals surface area contributed by atoms with Gasteiger partial charge >= 0.3 is 6.03 Å². The number of halogens is 2.